The van der Waals surface area contributed by atoms with Gasteiger partial charge >= 0.3 is 0 Å². The fourth-order valence-corrected chi connectivity index (χ4v) is 5.09. The van der Waals surface area contributed by atoms with Gasteiger partial charge in [0.1, 0.15) is 10.6 Å². The summed E-state index contributed by atoms with van der Waals surface area (Å²) in [5.74, 6) is 0.171. The maximum absolute atomic E-state index is 13.4. The molecule has 1 saturated heterocycles. The topological polar surface area (TPSA) is 88.2 Å². The van der Waals surface area contributed by atoms with Gasteiger partial charge in [-0.1, -0.05) is 11.6 Å². The Balaban J connectivity index is 2.16. The molecule has 0 bridgehead atoms. The van der Waals surface area contributed by atoms with E-state index in [2.05, 4.69) is 5.32 Å². The molecule has 0 saturated carbocycles. The molecule has 1 fully saturated rings. The van der Waals surface area contributed by atoms with E-state index in [0.717, 1.165) is 13.1 Å². The Morgan fingerprint density at radius 2 is 1.97 bits per heavy atom. The number of benzene rings is 1. The Kier molecular flexibility index (Phi) is 9.83. The highest BCUT2D eigenvalue weighted by atomic mass is 35.5. The van der Waals surface area contributed by atoms with E-state index in [1.54, 1.807) is 11.0 Å². The lowest BCUT2D eigenvalue weighted by atomic mass is 10.3. The predicted octanol–water partition coefficient (Wildman–Crippen LogP) is 1.98. The van der Waals surface area contributed by atoms with Gasteiger partial charge in [-0.15, -0.1) is 0 Å². The van der Waals surface area contributed by atoms with Gasteiger partial charge in [0.15, 0.2) is 0 Å². The van der Waals surface area contributed by atoms with Crippen LogP contribution in [0.5, 0.6) is 5.75 Å². The summed E-state index contributed by atoms with van der Waals surface area (Å²) in [5, 5.41) is 3.50. The van der Waals surface area contributed by atoms with Gasteiger partial charge in [0.2, 0.25) is 15.9 Å². The number of carbonyl (C=O) groups excluding carboxylic acids is 1. The van der Waals surface area contributed by atoms with E-state index in [1.165, 1.54) is 23.5 Å². The first kappa shape index (κ1) is 24.9. The molecule has 0 spiro atoms. The van der Waals surface area contributed by atoms with Crippen molar-refractivity contribution in [2.75, 3.05) is 53.0 Å². The second kappa shape index (κ2) is 11.9. The van der Waals surface area contributed by atoms with Crippen LogP contribution in [0.3, 0.4) is 0 Å². The third kappa shape index (κ3) is 7.09. The minimum atomic E-state index is -3.91. The molecule has 0 atom stereocenters. The number of nitrogens with one attached hydrogen (secondary N) is 1. The largest absolute Gasteiger partial charge is 0.495 e. The molecule has 1 aliphatic heterocycles. The van der Waals surface area contributed by atoms with Crippen molar-refractivity contribution in [3.63, 3.8) is 0 Å². The third-order valence-corrected chi connectivity index (χ3v) is 6.95. The first-order valence-corrected chi connectivity index (χ1v) is 12.0. The zero-order chi connectivity index (χ0) is 22.1. The van der Waals surface area contributed by atoms with Crippen molar-refractivity contribution < 1.29 is 22.7 Å². The number of methoxy groups -OCH3 is 1. The molecule has 1 N–H and O–H groups in total. The van der Waals surface area contributed by atoms with Gasteiger partial charge in [0, 0.05) is 57.3 Å². The molecule has 0 radical (unpaired) electrons. The van der Waals surface area contributed by atoms with E-state index in [0.29, 0.717) is 31.1 Å². The number of hydrogen-bond acceptors (Lipinski definition) is 6. The van der Waals surface area contributed by atoms with Crippen LogP contribution in [0.25, 0.3) is 0 Å². The first-order chi connectivity index (χ1) is 14.3. The summed E-state index contributed by atoms with van der Waals surface area (Å²) in [4.78, 5) is 14.3. The molecule has 0 unspecified atom stereocenters. The summed E-state index contributed by atoms with van der Waals surface area (Å²) in [5.41, 5.74) is 0. The highest BCUT2D eigenvalue weighted by molar-refractivity contribution is 7.89. The molecule has 30 heavy (non-hydrogen) atoms. The Morgan fingerprint density at radius 3 is 2.60 bits per heavy atom. The van der Waals surface area contributed by atoms with Gasteiger partial charge in [-0.2, -0.15) is 4.31 Å². The van der Waals surface area contributed by atoms with Crippen LogP contribution >= 0.6 is 11.6 Å². The van der Waals surface area contributed by atoms with Crippen LogP contribution in [0.1, 0.15) is 26.7 Å². The van der Waals surface area contributed by atoms with Crippen molar-refractivity contribution in [1.82, 2.24) is 14.5 Å². The maximum atomic E-state index is 13.4. The van der Waals surface area contributed by atoms with E-state index in [4.69, 9.17) is 21.1 Å². The minimum absolute atomic E-state index is 0.00287. The van der Waals surface area contributed by atoms with Gasteiger partial charge in [-0.05, 0) is 38.5 Å². The van der Waals surface area contributed by atoms with Crippen LogP contribution in [0.2, 0.25) is 5.02 Å². The lowest BCUT2D eigenvalue weighted by Gasteiger charge is -2.29. The van der Waals surface area contributed by atoms with Crippen LogP contribution in [0.4, 0.5) is 0 Å². The Labute approximate surface area is 184 Å². The summed E-state index contributed by atoms with van der Waals surface area (Å²) >= 11 is 6.05. The zero-order valence-electron chi connectivity index (χ0n) is 17.9. The number of amides is 1. The van der Waals surface area contributed by atoms with E-state index in [9.17, 15) is 13.2 Å². The van der Waals surface area contributed by atoms with Gasteiger partial charge in [-0.3, -0.25) is 4.79 Å². The summed E-state index contributed by atoms with van der Waals surface area (Å²) in [7, 11) is -2.49. The smallest absolute Gasteiger partial charge is 0.246 e. The molecule has 10 heteroatoms. The van der Waals surface area contributed by atoms with Crippen LogP contribution in [-0.4, -0.2) is 82.6 Å². The van der Waals surface area contributed by atoms with Crippen LogP contribution in [0, 0.1) is 0 Å². The fourth-order valence-electron chi connectivity index (χ4n) is 3.20. The standard InChI is InChI=1S/C20H32ClN3O5S/c1-16(2)29-14-4-10-24(11-7-20(25)23-12-8-22-9-13-23)30(26,27)19-15-17(21)5-6-18(19)28-3/h5-6,15-16,22H,4,7-14H2,1-3H3. The van der Waals surface area contributed by atoms with Gasteiger partial charge in [0.05, 0.1) is 13.2 Å². The molecule has 8 nitrogen and oxygen atoms in total. The normalized spacial score (nSPS) is 15.1. The molecule has 1 aliphatic rings. The SMILES string of the molecule is COc1ccc(Cl)cc1S(=O)(=O)N(CCCOC(C)C)CCC(=O)N1CCNCC1. The van der Waals surface area contributed by atoms with Crippen molar-refractivity contribution in [3.05, 3.63) is 23.2 Å². The van der Waals surface area contributed by atoms with E-state index in [-0.39, 0.29) is 42.2 Å². The molecule has 2 rings (SSSR count). The molecule has 1 aromatic rings. The predicted molar refractivity (Wildman–Crippen MR) is 117 cm³/mol. The lowest BCUT2D eigenvalue weighted by Crippen LogP contribution is -2.47. The van der Waals surface area contributed by atoms with Crippen LogP contribution < -0.4 is 10.1 Å². The van der Waals surface area contributed by atoms with Crippen molar-refractivity contribution in [3.8, 4) is 5.75 Å². The van der Waals surface area contributed by atoms with E-state index in [1.807, 2.05) is 13.8 Å². The lowest BCUT2D eigenvalue weighted by molar-refractivity contribution is -0.131. The van der Waals surface area contributed by atoms with E-state index < -0.39 is 10.0 Å². The Morgan fingerprint density at radius 1 is 1.27 bits per heavy atom. The molecular weight excluding hydrogens is 430 g/mol. The fraction of sp³-hybridized carbons (Fsp3) is 0.650. The Bertz CT molecular complexity index is 798. The van der Waals surface area contributed by atoms with Crippen molar-refractivity contribution >= 4 is 27.5 Å². The second-order valence-corrected chi connectivity index (χ2v) is 9.70. The summed E-state index contributed by atoms with van der Waals surface area (Å²) in [6, 6.07) is 4.49. The molecular formula is C20H32ClN3O5S. The van der Waals surface area contributed by atoms with Gasteiger partial charge in [0.25, 0.3) is 0 Å². The van der Waals surface area contributed by atoms with Crippen molar-refractivity contribution in [2.45, 2.75) is 37.7 Å². The molecule has 1 aromatic carbocycles. The maximum Gasteiger partial charge on any atom is 0.246 e. The quantitative estimate of drug-likeness (QED) is 0.507. The first-order valence-electron chi connectivity index (χ1n) is 10.2. The second-order valence-electron chi connectivity index (χ2n) is 7.35. The minimum Gasteiger partial charge on any atom is -0.495 e. The summed E-state index contributed by atoms with van der Waals surface area (Å²) < 4.78 is 38.9. The van der Waals surface area contributed by atoms with Crippen LogP contribution in [0.15, 0.2) is 23.1 Å². The number of carbonyl (C=O) groups is 1. The molecule has 170 valence electrons. The Hall–Kier alpha value is -1.39. The number of hydrogen-bond donors (Lipinski definition) is 1. The molecule has 1 amide bonds. The van der Waals surface area contributed by atoms with Gasteiger partial charge < -0.3 is 19.7 Å². The number of rotatable bonds is 11. The number of halogens is 1. The molecule has 0 aromatic heterocycles. The highest BCUT2D eigenvalue weighted by Crippen LogP contribution is 2.30. The van der Waals surface area contributed by atoms with Crippen LogP contribution in [-0.2, 0) is 19.6 Å². The van der Waals surface area contributed by atoms with Gasteiger partial charge in [-0.25, -0.2) is 8.42 Å². The molecule has 0 aliphatic carbocycles. The number of piperazine rings is 1. The summed E-state index contributed by atoms with van der Waals surface area (Å²) in [6.45, 7) is 7.38. The van der Waals surface area contributed by atoms with Crippen molar-refractivity contribution in [2.24, 2.45) is 0 Å². The summed E-state index contributed by atoms with van der Waals surface area (Å²) in [6.07, 6.45) is 0.701. The third-order valence-electron chi connectivity index (χ3n) is 4.79. The van der Waals surface area contributed by atoms with E-state index >= 15 is 0 Å². The number of nitrogens with zero attached hydrogens (tertiary/aromatic N) is 2. The monoisotopic (exact) mass is 461 g/mol. The average Bonchev–Trinajstić information content (AvgIpc) is 2.73. The molecule has 1 heterocycles. The number of ether oxygens (including phenoxy) is 2. The average molecular weight is 462 g/mol. The van der Waals surface area contributed by atoms with Crippen molar-refractivity contribution in [1.29, 1.82) is 0 Å². The zero-order valence-corrected chi connectivity index (χ0v) is 19.5. The number of sulfonamides is 1. The highest BCUT2D eigenvalue weighted by Gasteiger charge is 2.29.